The van der Waals surface area contributed by atoms with Gasteiger partial charge in [0.05, 0.1) is 0 Å². The zero-order chi connectivity index (χ0) is 22.0. The molecule has 0 unspecified atom stereocenters. The number of carbonyl (C=O) groups is 1. The summed E-state index contributed by atoms with van der Waals surface area (Å²) in [5, 5.41) is 0.962. The first kappa shape index (κ1) is 21.1. The average molecular weight is 474 g/mol. The van der Waals surface area contributed by atoms with E-state index < -0.39 is 16.1 Å². The SMILES string of the molecule is O=C1OC(c2ccc(Cl)cc2)=NC1=Cc1cccc(OS(=O)(=O)c2ccc(Cl)cc2)c1. The Bertz CT molecular complexity index is 1310. The fraction of sp³-hybridized carbons (Fsp3) is 0. The van der Waals surface area contributed by atoms with Gasteiger partial charge < -0.3 is 8.92 Å². The molecule has 0 aliphatic carbocycles. The van der Waals surface area contributed by atoms with E-state index in [-0.39, 0.29) is 22.2 Å². The van der Waals surface area contributed by atoms with Crippen LogP contribution < -0.4 is 4.18 Å². The van der Waals surface area contributed by atoms with Gasteiger partial charge >= 0.3 is 16.1 Å². The van der Waals surface area contributed by atoms with E-state index in [0.29, 0.717) is 21.2 Å². The smallest absolute Gasteiger partial charge is 0.363 e. The van der Waals surface area contributed by atoms with Gasteiger partial charge in [-0.05, 0) is 72.3 Å². The van der Waals surface area contributed by atoms with Crippen molar-refractivity contribution in [3.05, 3.63) is 99.7 Å². The number of nitrogens with zero attached hydrogens (tertiary/aromatic N) is 1. The van der Waals surface area contributed by atoms with Gasteiger partial charge in [-0.1, -0.05) is 35.3 Å². The predicted octanol–water partition coefficient (Wildman–Crippen LogP) is 5.11. The number of halogens is 2. The zero-order valence-corrected chi connectivity index (χ0v) is 18.0. The summed E-state index contributed by atoms with van der Waals surface area (Å²) in [5.74, 6) is -0.381. The molecule has 0 bridgehead atoms. The van der Waals surface area contributed by atoms with E-state index in [1.165, 1.54) is 42.5 Å². The summed E-state index contributed by atoms with van der Waals surface area (Å²) in [7, 11) is -4.04. The maximum Gasteiger partial charge on any atom is 0.363 e. The number of hydrogen-bond acceptors (Lipinski definition) is 6. The number of aliphatic imine (C=N–C) groups is 1. The molecule has 0 amide bonds. The highest BCUT2D eigenvalue weighted by molar-refractivity contribution is 7.87. The molecule has 9 heteroatoms. The van der Waals surface area contributed by atoms with Crippen LogP contribution in [0, 0.1) is 0 Å². The van der Waals surface area contributed by atoms with Gasteiger partial charge in [0.1, 0.15) is 10.6 Å². The topological polar surface area (TPSA) is 82.0 Å². The lowest BCUT2D eigenvalue weighted by Gasteiger charge is -2.07. The zero-order valence-electron chi connectivity index (χ0n) is 15.7. The van der Waals surface area contributed by atoms with Crippen molar-refractivity contribution in [2.75, 3.05) is 0 Å². The number of benzene rings is 3. The molecule has 0 aromatic heterocycles. The molecular formula is C22H13Cl2NO5S. The molecule has 3 aromatic rings. The van der Waals surface area contributed by atoms with Crippen LogP contribution in [0.3, 0.4) is 0 Å². The molecule has 0 saturated carbocycles. The van der Waals surface area contributed by atoms with Gasteiger partial charge in [-0.2, -0.15) is 8.42 Å². The largest absolute Gasteiger partial charge is 0.402 e. The lowest BCUT2D eigenvalue weighted by molar-refractivity contribution is -0.129. The van der Waals surface area contributed by atoms with Crippen molar-refractivity contribution in [2.24, 2.45) is 4.99 Å². The molecule has 6 nitrogen and oxygen atoms in total. The van der Waals surface area contributed by atoms with E-state index in [1.54, 1.807) is 36.4 Å². The molecule has 4 rings (SSSR count). The van der Waals surface area contributed by atoms with Gasteiger partial charge in [-0.3, -0.25) is 0 Å². The Balaban J connectivity index is 1.58. The van der Waals surface area contributed by atoms with Crippen LogP contribution in [0.4, 0.5) is 0 Å². The minimum absolute atomic E-state index is 0.0303. The van der Waals surface area contributed by atoms with Crippen LogP contribution in [0.1, 0.15) is 11.1 Å². The summed E-state index contributed by atoms with van der Waals surface area (Å²) in [6.07, 6.45) is 1.48. The molecule has 1 heterocycles. The highest BCUT2D eigenvalue weighted by Crippen LogP contribution is 2.24. The standard InChI is InChI=1S/C22H13Cl2NO5S/c23-16-6-4-15(5-7-16)21-25-20(22(26)29-21)13-14-2-1-3-18(12-14)30-31(27,28)19-10-8-17(24)9-11-19/h1-13H. The number of carbonyl (C=O) groups excluding carboxylic acids is 1. The summed E-state index contributed by atoms with van der Waals surface area (Å²) in [5.41, 5.74) is 1.19. The molecule has 0 atom stereocenters. The first-order chi connectivity index (χ1) is 14.8. The third-order valence-corrected chi connectivity index (χ3v) is 5.95. The number of hydrogen-bond donors (Lipinski definition) is 0. The van der Waals surface area contributed by atoms with Crippen LogP contribution in [-0.2, 0) is 19.6 Å². The Hall–Kier alpha value is -3.13. The molecule has 0 spiro atoms. The molecule has 0 radical (unpaired) electrons. The molecule has 3 aromatic carbocycles. The average Bonchev–Trinajstić information content (AvgIpc) is 3.09. The van der Waals surface area contributed by atoms with Crippen molar-refractivity contribution in [3.8, 4) is 5.75 Å². The lowest BCUT2D eigenvalue weighted by Crippen LogP contribution is -2.09. The molecule has 1 aliphatic heterocycles. The third-order valence-electron chi connectivity index (χ3n) is 4.18. The van der Waals surface area contributed by atoms with Gasteiger partial charge in [0.2, 0.25) is 5.90 Å². The van der Waals surface area contributed by atoms with Crippen molar-refractivity contribution < 1.29 is 22.1 Å². The Kier molecular flexibility index (Phi) is 5.82. The van der Waals surface area contributed by atoms with Crippen molar-refractivity contribution in [2.45, 2.75) is 4.90 Å². The normalized spacial score (nSPS) is 15.0. The van der Waals surface area contributed by atoms with E-state index in [0.717, 1.165) is 0 Å². The van der Waals surface area contributed by atoms with E-state index >= 15 is 0 Å². The highest BCUT2D eigenvalue weighted by atomic mass is 35.5. The number of ether oxygens (including phenoxy) is 1. The third kappa shape index (κ3) is 4.96. The molecular weight excluding hydrogens is 461 g/mol. The van der Waals surface area contributed by atoms with Crippen LogP contribution in [0.15, 0.2) is 88.4 Å². The van der Waals surface area contributed by atoms with E-state index in [2.05, 4.69) is 4.99 Å². The summed E-state index contributed by atoms with van der Waals surface area (Å²) in [6.45, 7) is 0. The molecule has 0 N–H and O–H groups in total. The quantitative estimate of drug-likeness (QED) is 0.292. The number of esters is 1. The maximum atomic E-state index is 12.5. The summed E-state index contributed by atoms with van der Waals surface area (Å²) in [6, 6.07) is 18.6. The number of rotatable bonds is 5. The Morgan fingerprint density at radius 3 is 2.23 bits per heavy atom. The van der Waals surface area contributed by atoms with Gasteiger partial charge in [-0.25, -0.2) is 9.79 Å². The first-order valence-corrected chi connectivity index (χ1v) is 11.1. The summed E-state index contributed by atoms with van der Waals surface area (Å²) < 4.78 is 35.3. The van der Waals surface area contributed by atoms with Crippen molar-refractivity contribution in [3.63, 3.8) is 0 Å². The van der Waals surface area contributed by atoms with Crippen LogP contribution in [0.25, 0.3) is 6.08 Å². The molecule has 0 fully saturated rings. The molecule has 31 heavy (non-hydrogen) atoms. The highest BCUT2D eigenvalue weighted by Gasteiger charge is 2.24. The van der Waals surface area contributed by atoms with Crippen molar-refractivity contribution in [1.29, 1.82) is 0 Å². The first-order valence-electron chi connectivity index (χ1n) is 8.89. The van der Waals surface area contributed by atoms with Gasteiger partial charge in [0.25, 0.3) is 0 Å². The van der Waals surface area contributed by atoms with Crippen LogP contribution in [-0.4, -0.2) is 20.3 Å². The second-order valence-electron chi connectivity index (χ2n) is 6.41. The monoisotopic (exact) mass is 473 g/mol. The van der Waals surface area contributed by atoms with Crippen molar-refractivity contribution in [1.82, 2.24) is 0 Å². The summed E-state index contributed by atoms with van der Waals surface area (Å²) in [4.78, 5) is 16.4. The number of cyclic esters (lactones) is 1. The van der Waals surface area contributed by atoms with Gasteiger partial charge in [-0.15, -0.1) is 0 Å². The summed E-state index contributed by atoms with van der Waals surface area (Å²) >= 11 is 11.7. The Labute approximate surface area is 188 Å². The fourth-order valence-corrected chi connectivity index (χ4v) is 3.89. The Morgan fingerprint density at radius 1 is 0.903 bits per heavy atom. The second-order valence-corrected chi connectivity index (χ2v) is 8.83. The van der Waals surface area contributed by atoms with Gasteiger partial charge in [0.15, 0.2) is 5.70 Å². The van der Waals surface area contributed by atoms with Gasteiger partial charge in [0, 0.05) is 15.6 Å². The molecule has 156 valence electrons. The molecule has 1 aliphatic rings. The predicted molar refractivity (Wildman–Crippen MR) is 118 cm³/mol. The van der Waals surface area contributed by atoms with Crippen LogP contribution in [0.2, 0.25) is 10.0 Å². The van der Waals surface area contributed by atoms with E-state index in [4.69, 9.17) is 32.1 Å². The second kappa shape index (κ2) is 8.55. The minimum atomic E-state index is -4.04. The van der Waals surface area contributed by atoms with E-state index in [9.17, 15) is 13.2 Å². The Morgan fingerprint density at radius 2 is 1.55 bits per heavy atom. The van der Waals surface area contributed by atoms with E-state index in [1.807, 2.05) is 0 Å². The lowest BCUT2D eigenvalue weighted by atomic mass is 10.2. The minimum Gasteiger partial charge on any atom is -0.402 e. The van der Waals surface area contributed by atoms with Crippen LogP contribution in [0.5, 0.6) is 5.75 Å². The fourth-order valence-electron chi connectivity index (χ4n) is 2.72. The van der Waals surface area contributed by atoms with Crippen LogP contribution >= 0.6 is 23.2 Å². The molecule has 0 saturated heterocycles. The maximum absolute atomic E-state index is 12.5. The van der Waals surface area contributed by atoms with Crippen molar-refractivity contribution >= 4 is 51.3 Å².